The van der Waals surface area contributed by atoms with E-state index in [2.05, 4.69) is 5.16 Å². The molecule has 102 valence electrons. The Morgan fingerprint density at radius 1 is 1.61 bits per heavy atom. The number of nitrogens with two attached hydrogens (primary N) is 1. The van der Waals surface area contributed by atoms with E-state index in [9.17, 15) is 8.42 Å². The zero-order chi connectivity index (χ0) is 14.1. The monoisotopic (exact) mass is 331 g/mol. The molecule has 0 aliphatic heterocycles. The number of likely N-dealkylation sites (N-methyl/N-ethyl adjacent to an activating group) is 1. The van der Waals surface area contributed by atoms with E-state index < -0.39 is 16.1 Å². The molecule has 1 rings (SSSR count). The Bertz CT molecular complexity index is 570. The molecule has 10 heteroatoms. The number of amidine groups is 1. The number of halogens is 2. The quantitative estimate of drug-likeness (QED) is 0.380. The highest BCUT2D eigenvalue weighted by Gasteiger charge is 2.30. The Morgan fingerprint density at radius 3 is 2.56 bits per heavy atom. The molecule has 1 aromatic heterocycles. The first-order chi connectivity index (χ1) is 8.21. The highest BCUT2D eigenvalue weighted by molar-refractivity contribution is 7.89. The maximum Gasteiger partial charge on any atom is 0.245 e. The fraction of sp³-hybridized carbons (Fsp3) is 0.375. The van der Waals surface area contributed by atoms with Crippen molar-refractivity contribution in [2.45, 2.75) is 17.9 Å². The van der Waals surface area contributed by atoms with Crippen LogP contribution in [0.3, 0.4) is 0 Å². The number of oxime groups is 1. The maximum atomic E-state index is 12.2. The predicted molar refractivity (Wildman–Crippen MR) is 72.2 cm³/mol. The summed E-state index contributed by atoms with van der Waals surface area (Å²) in [5, 5.41) is 11.3. The molecule has 0 saturated carbocycles. The molecule has 1 atom stereocenters. The van der Waals surface area contributed by atoms with Gasteiger partial charge in [-0.25, -0.2) is 8.42 Å². The molecule has 1 aromatic rings. The van der Waals surface area contributed by atoms with E-state index in [1.54, 1.807) is 0 Å². The topological polar surface area (TPSA) is 96.0 Å². The van der Waals surface area contributed by atoms with Crippen LogP contribution in [0.5, 0.6) is 0 Å². The molecule has 0 amide bonds. The lowest BCUT2D eigenvalue weighted by Crippen LogP contribution is -2.43. The lowest BCUT2D eigenvalue weighted by Gasteiger charge is -2.22. The summed E-state index contributed by atoms with van der Waals surface area (Å²) in [5.41, 5.74) is 5.37. The Labute approximate surface area is 119 Å². The summed E-state index contributed by atoms with van der Waals surface area (Å²) in [6, 6.07) is 0.453. The third kappa shape index (κ3) is 2.89. The first-order valence-corrected chi connectivity index (χ1v) is 7.63. The molecule has 1 unspecified atom stereocenters. The van der Waals surface area contributed by atoms with E-state index in [-0.39, 0.29) is 19.4 Å². The molecule has 18 heavy (non-hydrogen) atoms. The Hall–Kier alpha value is -0.540. The van der Waals surface area contributed by atoms with Crippen LogP contribution in [-0.2, 0) is 10.0 Å². The van der Waals surface area contributed by atoms with Crippen molar-refractivity contribution < 1.29 is 13.6 Å². The molecular weight excluding hydrogens is 321 g/mol. The number of thiophene rings is 1. The van der Waals surface area contributed by atoms with Crippen LogP contribution in [0.25, 0.3) is 0 Å². The Morgan fingerprint density at radius 2 is 2.17 bits per heavy atom. The minimum Gasteiger partial charge on any atom is -0.409 e. The Balaban J connectivity index is 3.19. The van der Waals surface area contributed by atoms with E-state index in [1.807, 2.05) is 0 Å². The summed E-state index contributed by atoms with van der Waals surface area (Å²) in [6.45, 7) is 1.48. The van der Waals surface area contributed by atoms with E-state index >= 15 is 0 Å². The minimum absolute atomic E-state index is 0.0681. The molecule has 0 aliphatic carbocycles. The second-order valence-electron chi connectivity index (χ2n) is 3.41. The van der Waals surface area contributed by atoms with Gasteiger partial charge in [0, 0.05) is 7.05 Å². The molecule has 3 N–H and O–H groups in total. The lowest BCUT2D eigenvalue weighted by atomic mass is 10.3. The van der Waals surface area contributed by atoms with Crippen molar-refractivity contribution in [1.82, 2.24) is 4.31 Å². The lowest BCUT2D eigenvalue weighted by molar-refractivity contribution is 0.311. The molecule has 0 spiro atoms. The smallest absolute Gasteiger partial charge is 0.245 e. The van der Waals surface area contributed by atoms with Crippen molar-refractivity contribution in [2.75, 3.05) is 7.05 Å². The molecule has 0 saturated heterocycles. The largest absolute Gasteiger partial charge is 0.409 e. The number of hydrogen-bond acceptors (Lipinski definition) is 5. The van der Waals surface area contributed by atoms with Crippen LogP contribution in [-0.4, -0.2) is 36.9 Å². The zero-order valence-corrected chi connectivity index (χ0v) is 12.6. The summed E-state index contributed by atoms with van der Waals surface area (Å²) in [4.78, 5) is -0.0979. The van der Waals surface area contributed by atoms with Crippen molar-refractivity contribution in [3.8, 4) is 0 Å². The van der Waals surface area contributed by atoms with Crippen LogP contribution in [0, 0.1) is 0 Å². The summed E-state index contributed by atoms with van der Waals surface area (Å²) < 4.78 is 25.7. The van der Waals surface area contributed by atoms with Gasteiger partial charge in [0.15, 0.2) is 5.84 Å². The molecule has 0 fully saturated rings. The predicted octanol–water partition coefficient (Wildman–Crippen LogP) is 1.81. The normalized spacial score (nSPS) is 15.1. The van der Waals surface area contributed by atoms with Gasteiger partial charge in [-0.05, 0) is 13.0 Å². The van der Waals surface area contributed by atoms with Gasteiger partial charge in [0.1, 0.15) is 9.23 Å². The van der Waals surface area contributed by atoms with E-state index in [1.165, 1.54) is 20.0 Å². The number of sulfonamides is 1. The van der Waals surface area contributed by atoms with Crippen LogP contribution in [0.15, 0.2) is 16.1 Å². The summed E-state index contributed by atoms with van der Waals surface area (Å²) in [6.07, 6.45) is 0. The molecule has 1 heterocycles. The fourth-order valence-corrected chi connectivity index (χ4v) is 4.58. The zero-order valence-electron chi connectivity index (χ0n) is 9.46. The number of hydrogen-bond donors (Lipinski definition) is 2. The van der Waals surface area contributed by atoms with Gasteiger partial charge in [-0.2, -0.15) is 4.31 Å². The standard InChI is InChI=1S/C8H11Cl2N3O3S2/c1-4(8(11)12-14)13(2)18(15,16)5-3-6(9)17-7(5)10/h3-4,14H,1-2H3,(H2,11,12). The molecule has 0 radical (unpaired) electrons. The van der Waals surface area contributed by atoms with Gasteiger partial charge in [0.2, 0.25) is 10.0 Å². The van der Waals surface area contributed by atoms with Gasteiger partial charge in [0.05, 0.1) is 10.4 Å². The van der Waals surface area contributed by atoms with Gasteiger partial charge in [-0.1, -0.05) is 28.4 Å². The molecular formula is C8H11Cl2N3O3S2. The highest BCUT2D eigenvalue weighted by Crippen LogP contribution is 2.35. The highest BCUT2D eigenvalue weighted by atomic mass is 35.5. The van der Waals surface area contributed by atoms with Crippen LogP contribution in [0.2, 0.25) is 8.67 Å². The van der Waals surface area contributed by atoms with Crippen molar-refractivity contribution in [3.63, 3.8) is 0 Å². The van der Waals surface area contributed by atoms with Gasteiger partial charge in [-0.3, -0.25) is 0 Å². The third-order valence-electron chi connectivity index (χ3n) is 2.37. The van der Waals surface area contributed by atoms with Gasteiger partial charge >= 0.3 is 0 Å². The number of nitrogens with zero attached hydrogens (tertiary/aromatic N) is 2. The molecule has 0 aliphatic rings. The van der Waals surface area contributed by atoms with E-state index in [0.717, 1.165) is 15.6 Å². The van der Waals surface area contributed by atoms with Crippen LogP contribution >= 0.6 is 34.5 Å². The molecule has 0 bridgehead atoms. The summed E-state index contributed by atoms with van der Waals surface area (Å²) in [7, 11) is -2.54. The second-order valence-corrected chi connectivity index (χ2v) is 7.66. The van der Waals surface area contributed by atoms with Crippen molar-refractivity contribution in [2.24, 2.45) is 10.9 Å². The van der Waals surface area contributed by atoms with Gasteiger partial charge < -0.3 is 10.9 Å². The molecule has 0 aromatic carbocycles. The van der Waals surface area contributed by atoms with Crippen LogP contribution in [0.1, 0.15) is 6.92 Å². The SMILES string of the molecule is CC(C(N)=NO)N(C)S(=O)(=O)c1cc(Cl)sc1Cl. The summed E-state index contributed by atoms with van der Waals surface area (Å²) in [5.74, 6) is -0.224. The van der Waals surface area contributed by atoms with Crippen LogP contribution < -0.4 is 5.73 Å². The summed E-state index contributed by atoms with van der Waals surface area (Å²) >= 11 is 12.5. The first kappa shape index (κ1) is 15.5. The van der Waals surface area contributed by atoms with Crippen molar-refractivity contribution in [3.05, 3.63) is 14.7 Å². The fourth-order valence-electron chi connectivity index (χ4n) is 1.13. The first-order valence-electron chi connectivity index (χ1n) is 4.62. The minimum atomic E-state index is -3.85. The average molecular weight is 332 g/mol. The van der Waals surface area contributed by atoms with Crippen molar-refractivity contribution in [1.29, 1.82) is 0 Å². The van der Waals surface area contributed by atoms with Gasteiger partial charge in [0.25, 0.3) is 0 Å². The van der Waals surface area contributed by atoms with Crippen LogP contribution in [0.4, 0.5) is 0 Å². The number of rotatable bonds is 4. The van der Waals surface area contributed by atoms with E-state index in [4.69, 9.17) is 34.1 Å². The van der Waals surface area contributed by atoms with Gasteiger partial charge in [-0.15, -0.1) is 11.3 Å². The third-order valence-corrected chi connectivity index (χ3v) is 6.05. The Kier molecular flexibility index (Phi) is 4.84. The average Bonchev–Trinajstić information content (AvgIpc) is 2.66. The molecule has 6 nitrogen and oxygen atoms in total. The van der Waals surface area contributed by atoms with Crippen molar-refractivity contribution >= 4 is 50.4 Å². The maximum absolute atomic E-state index is 12.2. The second kappa shape index (κ2) is 5.62. The van der Waals surface area contributed by atoms with E-state index in [0.29, 0.717) is 0 Å².